The average Bonchev–Trinajstić information content (AvgIpc) is 3.08. The lowest BCUT2D eigenvalue weighted by atomic mass is 10.1. The SMILES string of the molecule is CCOc1cc(-c2cc(-c3cccs3)c(C#N)c(=S)[nH]2)cc(Cl)n1. The molecule has 7 heteroatoms. The zero-order chi connectivity index (χ0) is 17.1. The van der Waals surface area contributed by atoms with Gasteiger partial charge in [-0.1, -0.05) is 29.9 Å². The Labute approximate surface area is 153 Å². The standard InChI is InChI=1S/C17H12ClN3OS2/c1-2-22-16-7-10(6-15(18)21-16)13-8-11(14-4-3-5-24-14)12(9-19)17(23)20-13/h3-8H,2H2,1H3,(H,20,23). The van der Waals surface area contributed by atoms with E-state index in [2.05, 4.69) is 16.0 Å². The van der Waals surface area contributed by atoms with Crippen molar-refractivity contribution in [1.82, 2.24) is 9.97 Å². The molecule has 0 aliphatic carbocycles. The number of hydrogen-bond acceptors (Lipinski definition) is 5. The van der Waals surface area contributed by atoms with Gasteiger partial charge >= 0.3 is 0 Å². The summed E-state index contributed by atoms with van der Waals surface area (Å²) in [5.74, 6) is 0.446. The number of rotatable bonds is 4. The molecule has 0 radical (unpaired) electrons. The van der Waals surface area contributed by atoms with Crippen molar-refractivity contribution in [3.8, 4) is 33.6 Å². The molecular formula is C17H12ClN3OS2. The lowest BCUT2D eigenvalue weighted by molar-refractivity contribution is 0.327. The summed E-state index contributed by atoms with van der Waals surface area (Å²) in [4.78, 5) is 8.21. The second kappa shape index (κ2) is 7.14. The third kappa shape index (κ3) is 3.34. The van der Waals surface area contributed by atoms with Crippen molar-refractivity contribution in [3.05, 3.63) is 51.1 Å². The molecule has 0 aliphatic rings. The first-order valence-corrected chi connectivity index (χ1v) is 8.81. The zero-order valence-corrected chi connectivity index (χ0v) is 15.1. The van der Waals surface area contributed by atoms with Crippen LogP contribution in [0.5, 0.6) is 5.88 Å². The lowest BCUT2D eigenvalue weighted by Gasteiger charge is -2.10. The highest BCUT2D eigenvalue weighted by molar-refractivity contribution is 7.71. The number of halogens is 1. The first-order chi connectivity index (χ1) is 11.6. The van der Waals surface area contributed by atoms with E-state index in [1.165, 1.54) is 0 Å². The molecule has 0 spiro atoms. The van der Waals surface area contributed by atoms with Crippen LogP contribution in [0.2, 0.25) is 5.15 Å². The monoisotopic (exact) mass is 373 g/mol. The molecular weight excluding hydrogens is 362 g/mol. The van der Waals surface area contributed by atoms with Crippen molar-refractivity contribution in [3.63, 3.8) is 0 Å². The van der Waals surface area contributed by atoms with Gasteiger partial charge < -0.3 is 9.72 Å². The first kappa shape index (κ1) is 16.7. The van der Waals surface area contributed by atoms with E-state index in [0.717, 1.165) is 21.7 Å². The van der Waals surface area contributed by atoms with Crippen LogP contribution in [0.3, 0.4) is 0 Å². The minimum atomic E-state index is 0.331. The predicted molar refractivity (Wildman–Crippen MR) is 99.1 cm³/mol. The van der Waals surface area contributed by atoms with Crippen LogP contribution in [0.1, 0.15) is 12.5 Å². The van der Waals surface area contributed by atoms with Crippen LogP contribution in [0.4, 0.5) is 0 Å². The summed E-state index contributed by atoms with van der Waals surface area (Å²) in [6.07, 6.45) is 0. The molecule has 0 fully saturated rings. The number of nitrogens with one attached hydrogen (secondary N) is 1. The lowest BCUT2D eigenvalue weighted by Crippen LogP contribution is -1.96. The number of H-pyrrole nitrogens is 1. The highest BCUT2D eigenvalue weighted by Crippen LogP contribution is 2.33. The largest absolute Gasteiger partial charge is 0.478 e. The van der Waals surface area contributed by atoms with E-state index in [-0.39, 0.29) is 0 Å². The molecule has 3 aromatic heterocycles. The van der Waals surface area contributed by atoms with Gasteiger partial charge in [-0.05, 0) is 30.5 Å². The van der Waals surface area contributed by atoms with Crippen LogP contribution < -0.4 is 4.74 Å². The molecule has 0 atom stereocenters. The van der Waals surface area contributed by atoms with Gasteiger partial charge in [-0.25, -0.2) is 4.98 Å². The van der Waals surface area contributed by atoms with Crippen LogP contribution >= 0.6 is 35.2 Å². The van der Waals surface area contributed by atoms with E-state index in [9.17, 15) is 5.26 Å². The third-order valence-electron chi connectivity index (χ3n) is 3.31. The zero-order valence-electron chi connectivity index (χ0n) is 12.7. The van der Waals surface area contributed by atoms with Crippen molar-refractivity contribution in [1.29, 1.82) is 5.26 Å². The van der Waals surface area contributed by atoms with Gasteiger partial charge in [0.15, 0.2) is 0 Å². The number of pyridine rings is 2. The van der Waals surface area contributed by atoms with E-state index in [1.54, 1.807) is 23.5 Å². The van der Waals surface area contributed by atoms with Crippen LogP contribution in [0, 0.1) is 16.0 Å². The van der Waals surface area contributed by atoms with Gasteiger partial charge in [-0.3, -0.25) is 0 Å². The molecule has 3 heterocycles. The Hall–Kier alpha value is -2.20. The molecule has 0 aromatic carbocycles. The number of hydrogen-bond donors (Lipinski definition) is 1. The normalized spacial score (nSPS) is 10.4. The fraction of sp³-hybridized carbons (Fsp3) is 0.118. The number of nitrogens with zero attached hydrogens (tertiary/aromatic N) is 2. The highest BCUT2D eigenvalue weighted by Gasteiger charge is 2.13. The van der Waals surface area contributed by atoms with Crippen molar-refractivity contribution >= 4 is 35.2 Å². The molecule has 0 bridgehead atoms. The summed E-state index contributed by atoms with van der Waals surface area (Å²) in [5, 5.41) is 11.7. The Balaban J connectivity index is 2.20. The van der Waals surface area contributed by atoms with Crippen molar-refractivity contribution in [2.45, 2.75) is 6.92 Å². The van der Waals surface area contributed by atoms with Crippen LogP contribution in [-0.4, -0.2) is 16.6 Å². The maximum Gasteiger partial charge on any atom is 0.215 e. The summed E-state index contributed by atoms with van der Waals surface area (Å²) in [7, 11) is 0. The second-order valence-corrected chi connectivity index (χ2v) is 6.58. The summed E-state index contributed by atoms with van der Waals surface area (Å²) < 4.78 is 5.83. The maximum absolute atomic E-state index is 9.43. The summed E-state index contributed by atoms with van der Waals surface area (Å²) in [6, 6.07) is 11.5. The van der Waals surface area contributed by atoms with Crippen LogP contribution in [0.15, 0.2) is 35.7 Å². The molecule has 120 valence electrons. The van der Waals surface area contributed by atoms with Crippen molar-refractivity contribution in [2.75, 3.05) is 6.61 Å². The number of aromatic nitrogens is 2. The molecule has 0 unspecified atom stereocenters. The Kier molecular flexibility index (Phi) is 4.95. The minimum absolute atomic E-state index is 0.331. The summed E-state index contributed by atoms with van der Waals surface area (Å²) in [6.45, 7) is 2.38. The Morgan fingerprint density at radius 2 is 2.25 bits per heavy atom. The number of nitriles is 1. The molecule has 4 nitrogen and oxygen atoms in total. The summed E-state index contributed by atoms with van der Waals surface area (Å²) >= 11 is 13.0. The molecule has 3 rings (SSSR count). The number of thiophene rings is 1. The van der Waals surface area contributed by atoms with Crippen LogP contribution in [0.25, 0.3) is 21.7 Å². The van der Waals surface area contributed by atoms with E-state index >= 15 is 0 Å². The van der Waals surface area contributed by atoms with E-state index in [4.69, 9.17) is 28.6 Å². The van der Waals surface area contributed by atoms with E-state index in [1.807, 2.05) is 30.5 Å². The van der Waals surface area contributed by atoms with Gasteiger partial charge in [0.2, 0.25) is 5.88 Å². The van der Waals surface area contributed by atoms with Gasteiger partial charge in [0, 0.05) is 27.8 Å². The van der Waals surface area contributed by atoms with Gasteiger partial charge in [0.1, 0.15) is 15.9 Å². The molecule has 0 aliphatic heterocycles. The fourth-order valence-corrected chi connectivity index (χ4v) is 3.52. The van der Waals surface area contributed by atoms with Gasteiger partial charge in [0.05, 0.1) is 12.2 Å². The number of ether oxygens (including phenoxy) is 1. The summed E-state index contributed by atoms with van der Waals surface area (Å²) in [5.41, 5.74) is 2.82. The molecule has 0 amide bonds. The van der Waals surface area contributed by atoms with Gasteiger partial charge in [-0.2, -0.15) is 5.26 Å². The average molecular weight is 374 g/mol. The molecule has 1 N–H and O–H groups in total. The van der Waals surface area contributed by atoms with Crippen LogP contribution in [-0.2, 0) is 0 Å². The van der Waals surface area contributed by atoms with Gasteiger partial charge in [-0.15, -0.1) is 11.3 Å². The molecule has 3 aromatic rings. The first-order valence-electron chi connectivity index (χ1n) is 7.14. The highest BCUT2D eigenvalue weighted by atomic mass is 35.5. The van der Waals surface area contributed by atoms with E-state index < -0.39 is 0 Å². The number of aromatic amines is 1. The molecule has 24 heavy (non-hydrogen) atoms. The van der Waals surface area contributed by atoms with Crippen molar-refractivity contribution in [2.24, 2.45) is 0 Å². The molecule has 0 saturated carbocycles. The van der Waals surface area contributed by atoms with Gasteiger partial charge in [0.25, 0.3) is 0 Å². The Morgan fingerprint density at radius 3 is 2.92 bits per heavy atom. The smallest absolute Gasteiger partial charge is 0.215 e. The molecule has 0 saturated heterocycles. The maximum atomic E-state index is 9.43. The minimum Gasteiger partial charge on any atom is -0.478 e. The quantitative estimate of drug-likeness (QED) is 0.487. The topological polar surface area (TPSA) is 61.7 Å². The van der Waals surface area contributed by atoms with Crippen molar-refractivity contribution < 1.29 is 4.74 Å². The van der Waals surface area contributed by atoms with E-state index in [0.29, 0.717) is 27.8 Å². The second-order valence-electron chi connectivity index (χ2n) is 4.84. The fourth-order valence-electron chi connectivity index (χ4n) is 2.30. The Morgan fingerprint density at radius 1 is 1.42 bits per heavy atom. The third-order valence-corrected chi connectivity index (χ3v) is 4.71. The predicted octanol–water partition coefficient (Wildman–Crippen LogP) is 5.46. The Bertz CT molecular complexity index is 974.